The molecule has 0 heterocycles. The van der Waals surface area contributed by atoms with E-state index in [4.69, 9.17) is 15.9 Å². The number of hydrogen-bond donors (Lipinski definition) is 4. The Bertz CT molecular complexity index is 182. The summed E-state index contributed by atoms with van der Waals surface area (Å²) in [5, 5.41) is 18.6. The average Bonchev–Trinajstić information content (AvgIpc) is 2.03. The highest BCUT2D eigenvalue weighted by Crippen LogP contribution is 1.97. The van der Waals surface area contributed by atoms with E-state index in [1.165, 1.54) is 0 Å². The largest absolute Gasteiger partial charge is 0.481 e. The summed E-state index contributed by atoms with van der Waals surface area (Å²) in [5.74, 6) is -2.09. The Hall–Kier alpha value is -1.14. The second-order valence-electron chi connectivity index (χ2n) is 2.91. The van der Waals surface area contributed by atoms with Crippen LogP contribution in [0.5, 0.6) is 0 Å². The van der Waals surface area contributed by atoms with Gasteiger partial charge in [0, 0.05) is 6.04 Å². The SMILES string of the molecule is CC(C(=O)O)[C@@H](C)N.CNCC(=O)O. The third-order valence-corrected chi connectivity index (χ3v) is 1.51. The van der Waals surface area contributed by atoms with Crippen LogP contribution < -0.4 is 11.1 Å². The Balaban J connectivity index is 0. The van der Waals surface area contributed by atoms with Gasteiger partial charge in [-0.05, 0) is 14.0 Å². The molecule has 0 aliphatic rings. The molecular weight excluding hydrogens is 188 g/mol. The van der Waals surface area contributed by atoms with Gasteiger partial charge in [-0.3, -0.25) is 9.59 Å². The highest BCUT2D eigenvalue weighted by molar-refractivity contribution is 5.70. The van der Waals surface area contributed by atoms with Crippen LogP contribution in [-0.4, -0.2) is 41.8 Å². The van der Waals surface area contributed by atoms with E-state index in [1.807, 2.05) is 0 Å². The summed E-state index contributed by atoms with van der Waals surface area (Å²) in [6.07, 6.45) is 0. The molecule has 0 spiro atoms. The maximum atomic E-state index is 10.1. The van der Waals surface area contributed by atoms with Gasteiger partial charge in [0.05, 0.1) is 12.5 Å². The second-order valence-corrected chi connectivity index (χ2v) is 2.91. The van der Waals surface area contributed by atoms with Crippen molar-refractivity contribution in [1.29, 1.82) is 0 Å². The number of rotatable bonds is 4. The number of nitrogens with two attached hydrogens (primary N) is 1. The Kier molecular flexibility index (Phi) is 9.27. The standard InChI is InChI=1S/C5H11NO2.C3H7NO2/c1-3(4(2)6)5(7)8;1-4-2-3(5)6/h3-4H,6H2,1-2H3,(H,7,8);4H,2H2,1H3,(H,5,6)/t3?,4-;/m1./s1. The van der Waals surface area contributed by atoms with Crippen molar-refractivity contribution < 1.29 is 19.8 Å². The fourth-order valence-electron chi connectivity index (χ4n) is 0.376. The van der Waals surface area contributed by atoms with Crippen LogP contribution in [0.2, 0.25) is 0 Å². The Morgan fingerprint density at radius 2 is 1.79 bits per heavy atom. The minimum absolute atomic E-state index is 0.0417. The first-order valence-electron chi connectivity index (χ1n) is 4.17. The lowest BCUT2D eigenvalue weighted by atomic mass is 10.1. The van der Waals surface area contributed by atoms with Gasteiger partial charge in [-0.2, -0.15) is 0 Å². The molecule has 5 N–H and O–H groups in total. The van der Waals surface area contributed by atoms with Gasteiger partial charge >= 0.3 is 11.9 Å². The Morgan fingerprint density at radius 3 is 1.79 bits per heavy atom. The lowest BCUT2D eigenvalue weighted by Gasteiger charge is -2.07. The van der Waals surface area contributed by atoms with E-state index < -0.39 is 17.9 Å². The highest BCUT2D eigenvalue weighted by atomic mass is 16.4. The number of carbonyl (C=O) groups is 2. The molecule has 0 fully saturated rings. The van der Waals surface area contributed by atoms with Crippen LogP contribution in [0.1, 0.15) is 13.8 Å². The molecule has 0 rings (SSSR count). The molecule has 0 aromatic heterocycles. The average molecular weight is 206 g/mol. The number of likely N-dealkylation sites (N-methyl/N-ethyl adjacent to an activating group) is 1. The summed E-state index contributed by atoms with van der Waals surface area (Å²) >= 11 is 0. The number of carboxylic acid groups (broad SMARTS) is 2. The summed E-state index contributed by atoms with van der Waals surface area (Å²) in [4.78, 5) is 19.6. The zero-order chi connectivity index (χ0) is 11.7. The summed E-state index contributed by atoms with van der Waals surface area (Å²) in [5.41, 5.74) is 5.26. The molecule has 14 heavy (non-hydrogen) atoms. The van der Waals surface area contributed by atoms with Gasteiger partial charge in [0.25, 0.3) is 0 Å². The van der Waals surface area contributed by atoms with E-state index in [9.17, 15) is 9.59 Å². The van der Waals surface area contributed by atoms with Crippen molar-refractivity contribution in [2.24, 2.45) is 11.7 Å². The first kappa shape index (κ1) is 15.3. The lowest BCUT2D eigenvalue weighted by molar-refractivity contribution is -0.141. The maximum Gasteiger partial charge on any atom is 0.317 e. The number of aliphatic carboxylic acids is 2. The molecule has 0 bridgehead atoms. The molecule has 0 amide bonds. The molecule has 0 aliphatic heterocycles. The van der Waals surface area contributed by atoms with Crippen molar-refractivity contribution in [3.8, 4) is 0 Å². The van der Waals surface area contributed by atoms with Crippen molar-refractivity contribution in [2.75, 3.05) is 13.6 Å². The van der Waals surface area contributed by atoms with Gasteiger partial charge in [0.15, 0.2) is 0 Å². The van der Waals surface area contributed by atoms with Crippen molar-refractivity contribution >= 4 is 11.9 Å². The third kappa shape index (κ3) is 10.9. The first-order chi connectivity index (χ1) is 6.32. The minimum Gasteiger partial charge on any atom is -0.481 e. The molecule has 0 aromatic carbocycles. The second kappa shape index (κ2) is 8.46. The third-order valence-electron chi connectivity index (χ3n) is 1.51. The maximum absolute atomic E-state index is 10.1. The molecule has 0 aliphatic carbocycles. The predicted octanol–water partition coefficient (Wildman–Crippen LogP) is -0.655. The molecule has 2 atom stereocenters. The number of hydrogen-bond acceptors (Lipinski definition) is 4. The van der Waals surface area contributed by atoms with E-state index in [-0.39, 0.29) is 12.6 Å². The van der Waals surface area contributed by atoms with Crippen LogP contribution in [0.4, 0.5) is 0 Å². The Labute approximate surface area is 83.1 Å². The molecule has 6 heteroatoms. The van der Waals surface area contributed by atoms with Gasteiger partial charge in [-0.15, -0.1) is 0 Å². The molecule has 1 unspecified atom stereocenters. The topological polar surface area (TPSA) is 113 Å². The van der Waals surface area contributed by atoms with E-state index >= 15 is 0 Å². The van der Waals surface area contributed by atoms with Crippen LogP contribution in [0.15, 0.2) is 0 Å². The smallest absolute Gasteiger partial charge is 0.317 e. The van der Waals surface area contributed by atoms with E-state index in [0.717, 1.165) is 0 Å². The molecule has 0 aromatic rings. The van der Waals surface area contributed by atoms with Crippen LogP contribution in [0, 0.1) is 5.92 Å². The van der Waals surface area contributed by atoms with Gasteiger partial charge in [-0.1, -0.05) is 6.92 Å². The summed E-state index contributed by atoms with van der Waals surface area (Å²) < 4.78 is 0. The van der Waals surface area contributed by atoms with Crippen LogP contribution >= 0.6 is 0 Å². The monoisotopic (exact) mass is 206 g/mol. The van der Waals surface area contributed by atoms with Crippen LogP contribution in [-0.2, 0) is 9.59 Å². The Morgan fingerprint density at radius 1 is 1.36 bits per heavy atom. The summed E-state index contributed by atoms with van der Waals surface area (Å²) in [7, 11) is 1.59. The number of carboxylic acids is 2. The fourth-order valence-corrected chi connectivity index (χ4v) is 0.376. The van der Waals surface area contributed by atoms with Crippen molar-refractivity contribution in [3.05, 3.63) is 0 Å². The van der Waals surface area contributed by atoms with E-state index in [2.05, 4.69) is 5.32 Å². The zero-order valence-electron chi connectivity index (χ0n) is 8.65. The fraction of sp³-hybridized carbons (Fsp3) is 0.750. The highest BCUT2D eigenvalue weighted by Gasteiger charge is 2.14. The molecular formula is C8H18N2O4. The van der Waals surface area contributed by atoms with Gasteiger partial charge in [0.1, 0.15) is 0 Å². The molecule has 0 saturated carbocycles. The van der Waals surface area contributed by atoms with E-state index in [0.29, 0.717) is 0 Å². The molecule has 0 radical (unpaired) electrons. The summed E-state index contributed by atoms with van der Waals surface area (Å²) in [6.45, 7) is 3.31. The van der Waals surface area contributed by atoms with Gasteiger partial charge < -0.3 is 21.3 Å². The summed E-state index contributed by atoms with van der Waals surface area (Å²) in [6, 6.07) is -0.257. The normalized spacial score (nSPS) is 13.4. The van der Waals surface area contributed by atoms with Crippen LogP contribution in [0.25, 0.3) is 0 Å². The van der Waals surface area contributed by atoms with Crippen molar-refractivity contribution in [3.63, 3.8) is 0 Å². The van der Waals surface area contributed by atoms with Crippen LogP contribution in [0.3, 0.4) is 0 Å². The minimum atomic E-state index is -0.833. The molecule has 84 valence electrons. The van der Waals surface area contributed by atoms with Gasteiger partial charge in [0.2, 0.25) is 0 Å². The quantitative estimate of drug-likeness (QED) is 0.486. The lowest BCUT2D eigenvalue weighted by Crippen LogP contribution is -2.30. The molecule has 0 saturated heterocycles. The van der Waals surface area contributed by atoms with Crippen molar-refractivity contribution in [2.45, 2.75) is 19.9 Å². The first-order valence-corrected chi connectivity index (χ1v) is 4.17. The van der Waals surface area contributed by atoms with E-state index in [1.54, 1.807) is 20.9 Å². The zero-order valence-corrected chi connectivity index (χ0v) is 8.65. The number of nitrogens with one attached hydrogen (secondary N) is 1. The predicted molar refractivity (Wildman–Crippen MR) is 52.0 cm³/mol. The molecule has 6 nitrogen and oxygen atoms in total. The van der Waals surface area contributed by atoms with Gasteiger partial charge in [-0.25, -0.2) is 0 Å². The van der Waals surface area contributed by atoms with Crippen molar-refractivity contribution in [1.82, 2.24) is 5.32 Å².